The Hall–Kier alpha value is -1.67. The van der Waals surface area contributed by atoms with Crippen LogP contribution in [0.4, 0.5) is 11.4 Å². The summed E-state index contributed by atoms with van der Waals surface area (Å²) in [6, 6.07) is 3.76. The molecule has 1 fully saturated rings. The Balaban J connectivity index is 2.26. The van der Waals surface area contributed by atoms with Crippen molar-refractivity contribution in [2.45, 2.75) is 37.6 Å². The standard InChI is InChI=1S/C13H19N3O4S/c1-3-14-12-8-11(4-5-13(12)16(17)18)21(19,20)15-10-6-9(2)7-10/h4-5,8-10,14-15H,3,6-7H2,1-2H3. The number of nitrogens with one attached hydrogen (secondary N) is 2. The first-order valence-corrected chi connectivity index (χ1v) is 8.36. The third-order valence-electron chi connectivity index (χ3n) is 3.54. The summed E-state index contributed by atoms with van der Waals surface area (Å²) in [7, 11) is -3.64. The van der Waals surface area contributed by atoms with Gasteiger partial charge in [-0.05, 0) is 37.8 Å². The molecule has 0 unspecified atom stereocenters. The summed E-state index contributed by atoms with van der Waals surface area (Å²) in [6.07, 6.45) is 1.65. The molecule has 2 rings (SSSR count). The third kappa shape index (κ3) is 3.51. The topological polar surface area (TPSA) is 101 Å². The van der Waals surface area contributed by atoms with Gasteiger partial charge in [-0.15, -0.1) is 0 Å². The van der Waals surface area contributed by atoms with Gasteiger partial charge < -0.3 is 5.32 Å². The van der Waals surface area contributed by atoms with E-state index in [4.69, 9.17) is 0 Å². The Morgan fingerprint density at radius 2 is 2.05 bits per heavy atom. The summed E-state index contributed by atoms with van der Waals surface area (Å²) >= 11 is 0. The second-order valence-electron chi connectivity index (χ2n) is 5.36. The van der Waals surface area contributed by atoms with Gasteiger partial charge >= 0.3 is 0 Å². The summed E-state index contributed by atoms with van der Waals surface area (Å²) in [5.74, 6) is 0.534. The van der Waals surface area contributed by atoms with Crippen LogP contribution in [-0.2, 0) is 10.0 Å². The molecule has 2 N–H and O–H groups in total. The van der Waals surface area contributed by atoms with Gasteiger partial charge in [-0.25, -0.2) is 13.1 Å². The molecule has 116 valence electrons. The minimum atomic E-state index is -3.64. The van der Waals surface area contributed by atoms with E-state index in [1.54, 1.807) is 6.92 Å². The van der Waals surface area contributed by atoms with E-state index in [-0.39, 0.29) is 22.3 Å². The van der Waals surface area contributed by atoms with Crippen LogP contribution >= 0.6 is 0 Å². The monoisotopic (exact) mass is 313 g/mol. The lowest BCUT2D eigenvalue weighted by atomic mass is 9.83. The van der Waals surface area contributed by atoms with Gasteiger partial charge in [0.1, 0.15) is 5.69 Å². The van der Waals surface area contributed by atoms with E-state index in [1.807, 2.05) is 0 Å². The minimum absolute atomic E-state index is 0.0391. The number of nitro groups is 1. The van der Waals surface area contributed by atoms with Crippen molar-refractivity contribution in [2.24, 2.45) is 5.92 Å². The predicted octanol–water partition coefficient (Wildman–Crippen LogP) is 2.10. The van der Waals surface area contributed by atoms with Crippen molar-refractivity contribution >= 4 is 21.4 Å². The lowest BCUT2D eigenvalue weighted by molar-refractivity contribution is -0.384. The molecule has 1 aromatic rings. The van der Waals surface area contributed by atoms with Gasteiger partial charge in [-0.1, -0.05) is 6.92 Å². The lowest BCUT2D eigenvalue weighted by Gasteiger charge is -2.32. The molecule has 0 atom stereocenters. The van der Waals surface area contributed by atoms with Crippen molar-refractivity contribution in [3.63, 3.8) is 0 Å². The molecule has 21 heavy (non-hydrogen) atoms. The van der Waals surface area contributed by atoms with Crippen molar-refractivity contribution in [3.05, 3.63) is 28.3 Å². The quantitative estimate of drug-likeness (QED) is 0.618. The normalized spacial score (nSPS) is 21.6. The molecular weight excluding hydrogens is 294 g/mol. The van der Waals surface area contributed by atoms with Gasteiger partial charge in [0, 0.05) is 18.7 Å². The molecule has 0 aliphatic heterocycles. The molecule has 1 aliphatic carbocycles. The van der Waals surface area contributed by atoms with Crippen LogP contribution in [0, 0.1) is 16.0 Å². The van der Waals surface area contributed by atoms with Gasteiger partial charge in [0.05, 0.1) is 9.82 Å². The Morgan fingerprint density at radius 3 is 2.57 bits per heavy atom. The molecule has 0 saturated heterocycles. The van der Waals surface area contributed by atoms with Gasteiger partial charge in [-0.3, -0.25) is 10.1 Å². The van der Waals surface area contributed by atoms with Crippen LogP contribution in [-0.4, -0.2) is 25.9 Å². The molecule has 0 bridgehead atoms. The second-order valence-corrected chi connectivity index (χ2v) is 7.08. The van der Waals surface area contributed by atoms with Crippen LogP contribution in [0.1, 0.15) is 26.7 Å². The summed E-state index contributed by atoms with van der Waals surface area (Å²) in [4.78, 5) is 10.4. The highest BCUT2D eigenvalue weighted by Gasteiger charge is 2.30. The number of hydrogen-bond acceptors (Lipinski definition) is 5. The lowest BCUT2D eigenvalue weighted by Crippen LogP contribution is -2.43. The Labute approximate surface area is 123 Å². The Kier molecular flexibility index (Phi) is 4.48. The number of anilines is 1. The predicted molar refractivity (Wildman–Crippen MR) is 79.8 cm³/mol. The molecule has 0 amide bonds. The van der Waals surface area contributed by atoms with Gasteiger partial charge in [0.25, 0.3) is 5.69 Å². The van der Waals surface area contributed by atoms with E-state index in [1.165, 1.54) is 18.2 Å². The Morgan fingerprint density at radius 1 is 1.38 bits per heavy atom. The van der Waals surface area contributed by atoms with Crippen molar-refractivity contribution in [3.8, 4) is 0 Å². The maximum absolute atomic E-state index is 12.3. The number of rotatable bonds is 6. The van der Waals surface area contributed by atoms with E-state index in [0.717, 1.165) is 12.8 Å². The van der Waals surface area contributed by atoms with E-state index < -0.39 is 14.9 Å². The number of hydrogen-bond donors (Lipinski definition) is 2. The van der Waals surface area contributed by atoms with Gasteiger partial charge in [0.2, 0.25) is 10.0 Å². The molecule has 8 heteroatoms. The fourth-order valence-electron chi connectivity index (χ4n) is 2.46. The zero-order valence-corrected chi connectivity index (χ0v) is 12.8. The molecule has 1 saturated carbocycles. The average Bonchev–Trinajstić information content (AvgIpc) is 2.36. The van der Waals surface area contributed by atoms with Crippen LogP contribution in [0.5, 0.6) is 0 Å². The summed E-state index contributed by atoms with van der Waals surface area (Å²) in [5.41, 5.74) is 0.0837. The number of benzene rings is 1. The SMILES string of the molecule is CCNc1cc(S(=O)(=O)NC2CC(C)C2)ccc1[N+](=O)[O-]. The molecule has 7 nitrogen and oxygen atoms in total. The van der Waals surface area contributed by atoms with Crippen LogP contribution in [0.2, 0.25) is 0 Å². The van der Waals surface area contributed by atoms with Crippen molar-refractivity contribution in [1.82, 2.24) is 4.72 Å². The molecule has 0 aromatic heterocycles. The summed E-state index contributed by atoms with van der Waals surface area (Å²) < 4.78 is 27.2. The van der Waals surface area contributed by atoms with E-state index in [0.29, 0.717) is 12.5 Å². The Bertz CT molecular complexity index is 639. The highest BCUT2D eigenvalue weighted by Crippen LogP contribution is 2.30. The van der Waals surface area contributed by atoms with E-state index >= 15 is 0 Å². The molecule has 0 radical (unpaired) electrons. The van der Waals surface area contributed by atoms with Crippen LogP contribution < -0.4 is 10.0 Å². The van der Waals surface area contributed by atoms with Gasteiger partial charge in [0.15, 0.2) is 0 Å². The molecule has 0 heterocycles. The first-order valence-electron chi connectivity index (χ1n) is 6.88. The van der Waals surface area contributed by atoms with Crippen molar-refractivity contribution in [2.75, 3.05) is 11.9 Å². The van der Waals surface area contributed by atoms with Crippen molar-refractivity contribution < 1.29 is 13.3 Å². The third-order valence-corrected chi connectivity index (χ3v) is 5.06. The molecular formula is C13H19N3O4S. The molecule has 1 aromatic carbocycles. The first kappa shape index (κ1) is 15.7. The zero-order chi connectivity index (χ0) is 15.6. The zero-order valence-electron chi connectivity index (χ0n) is 12.0. The van der Waals surface area contributed by atoms with E-state index in [9.17, 15) is 18.5 Å². The molecule has 0 spiro atoms. The average molecular weight is 313 g/mol. The maximum Gasteiger partial charge on any atom is 0.292 e. The number of nitro benzene ring substituents is 1. The minimum Gasteiger partial charge on any atom is -0.380 e. The highest BCUT2D eigenvalue weighted by atomic mass is 32.2. The summed E-state index contributed by atoms with van der Waals surface area (Å²) in [6.45, 7) is 4.33. The fraction of sp³-hybridized carbons (Fsp3) is 0.538. The van der Waals surface area contributed by atoms with Crippen LogP contribution in [0.3, 0.4) is 0 Å². The second kappa shape index (κ2) is 5.98. The smallest absolute Gasteiger partial charge is 0.292 e. The van der Waals surface area contributed by atoms with Crippen LogP contribution in [0.25, 0.3) is 0 Å². The largest absolute Gasteiger partial charge is 0.380 e. The number of nitrogens with zero attached hydrogens (tertiary/aromatic N) is 1. The molecule has 1 aliphatic rings. The van der Waals surface area contributed by atoms with E-state index in [2.05, 4.69) is 17.0 Å². The fourth-order valence-corrected chi connectivity index (χ4v) is 3.75. The summed E-state index contributed by atoms with van der Waals surface area (Å²) in [5, 5.41) is 13.8. The maximum atomic E-state index is 12.3. The number of sulfonamides is 1. The highest BCUT2D eigenvalue weighted by molar-refractivity contribution is 7.89. The van der Waals surface area contributed by atoms with Gasteiger partial charge in [-0.2, -0.15) is 0 Å². The van der Waals surface area contributed by atoms with Crippen LogP contribution in [0.15, 0.2) is 23.1 Å². The van der Waals surface area contributed by atoms with Crippen molar-refractivity contribution in [1.29, 1.82) is 0 Å². The first-order chi connectivity index (χ1) is 9.83.